The number of phosphoric acid groups is 1. The summed E-state index contributed by atoms with van der Waals surface area (Å²) in [4.78, 5) is 64.4. The number of carboxylic acid groups (broad SMARTS) is 1. The van der Waals surface area contributed by atoms with Crippen LogP contribution in [0.4, 0.5) is 5.82 Å². The molecule has 34 heteroatoms. The first kappa shape index (κ1) is 62.1. The predicted octanol–water partition coefficient (Wildman–Crippen LogP) is -7.24. The smallest absolute Gasteiger partial charge is 0.475 e. The second kappa shape index (κ2) is 27.2. The van der Waals surface area contributed by atoms with Crippen LogP contribution in [0.3, 0.4) is 0 Å². The number of thioether (sulfide) groups is 2. The Morgan fingerprint density at radius 1 is 0.865 bits per heavy atom. The van der Waals surface area contributed by atoms with Crippen LogP contribution >= 0.6 is 31.3 Å². The summed E-state index contributed by atoms with van der Waals surface area (Å²) < 4.78 is 58.4. The molecule has 2 amide bonds. The zero-order valence-electron chi connectivity index (χ0n) is 39.9. The number of aromatic nitrogens is 2. The van der Waals surface area contributed by atoms with Gasteiger partial charge in [-0.25, -0.2) is 18.7 Å². The van der Waals surface area contributed by atoms with Crippen LogP contribution in [0.25, 0.3) is 0 Å². The third-order valence-electron chi connectivity index (χ3n) is 12.3. The van der Waals surface area contributed by atoms with Crippen molar-refractivity contribution < 1.29 is 123 Å². The molecule has 4 saturated heterocycles. The predicted molar refractivity (Wildman–Crippen MR) is 249 cm³/mol. The van der Waals surface area contributed by atoms with Gasteiger partial charge in [-0.2, -0.15) is 16.7 Å². The van der Waals surface area contributed by atoms with Crippen LogP contribution in [0.15, 0.2) is 17.1 Å². The fourth-order valence-corrected chi connectivity index (χ4v) is 12.1. The van der Waals surface area contributed by atoms with Crippen LogP contribution in [0, 0.1) is 0 Å². The number of nitrogens with two attached hydrogens (primary N) is 1. The van der Waals surface area contributed by atoms with Gasteiger partial charge < -0.3 is 111 Å². The SMILES string of the molecule is CO[C@@H]1O[C@H](CO)[C@H](O[C@@H]2O[C@H](CSCCCCCS[C@@H]3[C@H](O)[C@@H](NC(C)=O)[C@H]([C@H](O)[C@H](O)CO)O[C@]3(OP(=O)(O)OC[C@H]3O[C@@H](n4ccc(N)nc4=O)[C@H](O)[C@@H]3O)C(=O)O)[C@H](O)[C@H](O)[C@H]2O)[C@H](O)[C@H]1NC(C)=O. The van der Waals surface area contributed by atoms with Gasteiger partial charge in [0.25, 0.3) is 5.79 Å². The van der Waals surface area contributed by atoms with Crippen molar-refractivity contribution in [2.24, 2.45) is 0 Å². The summed E-state index contributed by atoms with van der Waals surface area (Å²) >= 11 is 1.88. The lowest BCUT2D eigenvalue weighted by Crippen LogP contribution is -2.73. The van der Waals surface area contributed by atoms with E-state index in [1.165, 1.54) is 31.9 Å². The number of nitrogens with one attached hydrogen (secondary N) is 2. The number of nitrogens with zero attached hydrogens (tertiary/aromatic N) is 2. The summed E-state index contributed by atoms with van der Waals surface area (Å²) in [5, 5.41) is 131. The number of phosphoric ester groups is 1. The number of ether oxygens (including phenoxy) is 6. The molecule has 0 aromatic carbocycles. The van der Waals surface area contributed by atoms with Crippen LogP contribution in [-0.4, -0.2) is 259 Å². The van der Waals surface area contributed by atoms with Crippen molar-refractivity contribution >= 4 is 54.9 Å². The van der Waals surface area contributed by atoms with E-state index in [2.05, 4.69) is 15.6 Å². The molecule has 17 N–H and O–H groups in total. The Bertz CT molecular complexity index is 2130. The molecule has 1 aromatic rings. The highest BCUT2D eigenvalue weighted by molar-refractivity contribution is 8.00. The van der Waals surface area contributed by atoms with Gasteiger partial charge in [-0.1, -0.05) is 6.42 Å². The number of aliphatic hydroxyl groups is 11. The largest absolute Gasteiger partial charge is 0.477 e. The number of anilines is 1. The Balaban J connectivity index is 1.23. The minimum atomic E-state index is -5.79. The molecule has 4 aliphatic rings. The topological polar surface area (TPSA) is 490 Å². The number of rotatable bonds is 25. The van der Waals surface area contributed by atoms with E-state index in [0.717, 1.165) is 17.7 Å². The number of carboxylic acids is 1. The highest BCUT2D eigenvalue weighted by Crippen LogP contribution is 2.53. The lowest BCUT2D eigenvalue weighted by atomic mass is 9.88. The number of hydrogen-bond donors (Lipinski definition) is 16. The Morgan fingerprint density at radius 2 is 1.50 bits per heavy atom. The molecule has 0 bridgehead atoms. The maximum atomic E-state index is 13.7. The number of carbonyl (C=O) groups is 3. The van der Waals surface area contributed by atoms with Crippen LogP contribution in [0.1, 0.15) is 39.3 Å². The molecule has 1 aromatic heterocycles. The highest BCUT2D eigenvalue weighted by Gasteiger charge is 2.65. The van der Waals surface area contributed by atoms with Crippen molar-refractivity contribution in [2.75, 3.05) is 49.9 Å². The molecule has 5 heterocycles. The summed E-state index contributed by atoms with van der Waals surface area (Å²) in [6, 6.07) is -1.75. The van der Waals surface area contributed by atoms with Crippen LogP contribution < -0.4 is 22.1 Å². The van der Waals surface area contributed by atoms with Crippen molar-refractivity contribution in [2.45, 2.75) is 160 Å². The number of methoxy groups -OCH3 is 1. The summed E-state index contributed by atoms with van der Waals surface area (Å²) in [6.45, 7) is -0.765. The molecular formula is C40H66N5O26PS2. The molecule has 5 rings (SSSR count). The summed E-state index contributed by atoms with van der Waals surface area (Å²) in [7, 11) is -4.54. The van der Waals surface area contributed by atoms with E-state index in [-0.39, 0.29) is 23.7 Å². The normalized spacial score (nSPS) is 38.1. The lowest BCUT2D eigenvalue weighted by Gasteiger charge is -2.50. The Morgan fingerprint density at radius 3 is 2.11 bits per heavy atom. The molecule has 0 spiro atoms. The summed E-state index contributed by atoms with van der Waals surface area (Å²) in [5.41, 5.74) is 4.51. The van der Waals surface area contributed by atoms with Gasteiger partial charge in [-0.05, 0) is 30.4 Å². The number of aliphatic carboxylic acids is 1. The van der Waals surface area contributed by atoms with Gasteiger partial charge in [0.05, 0.1) is 43.3 Å². The highest BCUT2D eigenvalue weighted by atomic mass is 32.2. The maximum Gasteiger partial charge on any atom is 0.475 e. The van der Waals surface area contributed by atoms with Crippen LogP contribution in [0.5, 0.6) is 0 Å². The van der Waals surface area contributed by atoms with E-state index in [0.29, 0.717) is 30.4 Å². The first-order valence-electron chi connectivity index (χ1n) is 23.0. The molecular weight excluding hydrogens is 1060 g/mol. The van der Waals surface area contributed by atoms with Crippen LogP contribution in [-0.2, 0) is 56.4 Å². The molecule has 22 atom stereocenters. The standard InChI is InChI=1S/C40H66N5O26PS2/c1-15(48)42-22-28(55)34(74-10-6-4-5-9-73-14-20-26(53)29(56)31(58)37(68-20)69-32-18(12-47)67-36(64-3)23(27(32)54)43-16(2)49)40(38(59)60,70-33(22)24(51)17(50)11-46)71-72(62,63)65-13-19-25(52)30(57)35(66-19)45-8-7-21(41)44-39(45)61/h7-8,17-20,22-37,46-47,50-58H,4-6,9-14H2,1-3H3,(H,42,48)(H,43,49)(H,59,60)(H,62,63)(H2,41,44,61)/t17-,18-,19-,20-,22-,23-,24-,25-,26+,27-,28-,29+,30-,31-,32+,33-,34-,35-,36-,37+,40-/m1/s1. The number of hydrogen-bond acceptors (Lipinski definition) is 28. The average molecular weight is 1130 g/mol. The fraction of sp³-hybridized carbons (Fsp3) is 0.825. The number of carbonyl (C=O) groups excluding carboxylic acids is 2. The molecule has 31 nitrogen and oxygen atoms in total. The molecule has 424 valence electrons. The van der Waals surface area contributed by atoms with Crippen molar-refractivity contribution in [3.8, 4) is 0 Å². The van der Waals surface area contributed by atoms with Crippen molar-refractivity contribution in [1.29, 1.82) is 0 Å². The molecule has 1 unspecified atom stereocenters. The van der Waals surface area contributed by atoms with E-state index in [4.69, 9.17) is 43.2 Å². The van der Waals surface area contributed by atoms with Gasteiger partial charge in [-0.15, -0.1) is 11.8 Å². The first-order chi connectivity index (χ1) is 34.8. The van der Waals surface area contributed by atoms with E-state index in [1.54, 1.807) is 0 Å². The van der Waals surface area contributed by atoms with E-state index in [1.807, 2.05) is 0 Å². The zero-order valence-corrected chi connectivity index (χ0v) is 42.4. The minimum Gasteiger partial charge on any atom is -0.477 e. The first-order valence-corrected chi connectivity index (χ1v) is 26.7. The lowest BCUT2D eigenvalue weighted by molar-refractivity contribution is -0.342. The molecule has 74 heavy (non-hydrogen) atoms. The monoisotopic (exact) mass is 1130 g/mol. The van der Waals surface area contributed by atoms with Crippen molar-refractivity contribution in [3.63, 3.8) is 0 Å². The van der Waals surface area contributed by atoms with E-state index < -0.39 is 179 Å². The third kappa shape index (κ3) is 14.7. The van der Waals surface area contributed by atoms with Gasteiger partial charge >= 0.3 is 19.5 Å². The minimum absolute atomic E-state index is 0.0238. The molecule has 0 radical (unpaired) electrons. The second-order valence-corrected chi connectivity index (χ2v) is 21.5. The number of aliphatic hydroxyl groups excluding tert-OH is 11. The van der Waals surface area contributed by atoms with E-state index in [9.17, 15) is 89.9 Å². The number of nitrogen functional groups attached to an aromatic ring is 1. The molecule has 0 saturated carbocycles. The third-order valence-corrected chi connectivity index (χ3v) is 15.9. The Hall–Kier alpha value is -2.78. The van der Waals surface area contributed by atoms with Crippen molar-refractivity contribution in [1.82, 2.24) is 20.2 Å². The van der Waals surface area contributed by atoms with Gasteiger partial charge in [0, 0.05) is 32.9 Å². The quantitative estimate of drug-likeness (QED) is 0.0319. The number of unbranched alkanes of at least 4 members (excludes halogenated alkanes) is 2. The van der Waals surface area contributed by atoms with Gasteiger partial charge in [0.2, 0.25) is 11.8 Å². The molecule has 0 aliphatic carbocycles. The maximum absolute atomic E-state index is 13.7. The Labute approximate surface area is 429 Å². The second-order valence-electron chi connectivity index (χ2n) is 17.7. The van der Waals surface area contributed by atoms with Crippen molar-refractivity contribution in [3.05, 3.63) is 22.7 Å². The van der Waals surface area contributed by atoms with Crippen LogP contribution in [0.2, 0.25) is 0 Å². The van der Waals surface area contributed by atoms with Gasteiger partial charge in [-0.3, -0.25) is 18.7 Å². The van der Waals surface area contributed by atoms with Gasteiger partial charge in [0.15, 0.2) is 18.8 Å². The fourth-order valence-electron chi connectivity index (χ4n) is 8.58. The van der Waals surface area contributed by atoms with Gasteiger partial charge in [0.1, 0.15) is 85.1 Å². The Kier molecular flexibility index (Phi) is 22.8. The molecule has 4 fully saturated rings. The zero-order chi connectivity index (χ0) is 55.0. The molecule has 4 aliphatic heterocycles. The number of amides is 2. The van der Waals surface area contributed by atoms with E-state index >= 15 is 0 Å². The summed E-state index contributed by atoms with van der Waals surface area (Å²) in [5.74, 6) is -6.84. The summed E-state index contributed by atoms with van der Waals surface area (Å²) in [6.07, 6.45) is -27.0. The average Bonchev–Trinajstić information content (AvgIpc) is 3.62.